The Bertz CT molecular complexity index is 602. The largest absolute Gasteiger partial charge is 0.478 e. The van der Waals surface area contributed by atoms with E-state index in [1.807, 2.05) is 0 Å². The molecule has 92 valence electrons. The van der Waals surface area contributed by atoms with Crippen molar-refractivity contribution in [2.24, 2.45) is 0 Å². The molecule has 0 aliphatic heterocycles. The van der Waals surface area contributed by atoms with E-state index >= 15 is 0 Å². The molecule has 0 atom stereocenters. The lowest BCUT2D eigenvalue weighted by Gasteiger charge is -2.08. The Morgan fingerprint density at radius 3 is 2.72 bits per heavy atom. The number of aryl methyl sites for hydroxylation is 1. The minimum absolute atomic E-state index is 0.0208. The summed E-state index contributed by atoms with van der Waals surface area (Å²) in [4.78, 5) is 18.8. The third-order valence-electron chi connectivity index (χ3n) is 2.21. The molecule has 0 radical (unpaired) electrons. The van der Waals surface area contributed by atoms with E-state index in [0.717, 1.165) is 12.1 Å². The van der Waals surface area contributed by atoms with E-state index in [0.29, 0.717) is 5.69 Å². The van der Waals surface area contributed by atoms with E-state index in [1.165, 1.54) is 18.5 Å². The Balaban J connectivity index is 2.41. The van der Waals surface area contributed by atoms with Gasteiger partial charge in [-0.2, -0.15) is 0 Å². The summed E-state index contributed by atoms with van der Waals surface area (Å²) in [6.07, 6.45) is 2.91. The normalized spacial score (nSPS) is 10.1. The van der Waals surface area contributed by atoms with Gasteiger partial charge in [0.1, 0.15) is 17.1 Å². The van der Waals surface area contributed by atoms with E-state index in [2.05, 4.69) is 9.97 Å². The summed E-state index contributed by atoms with van der Waals surface area (Å²) in [5.74, 6) is -1.71. The summed E-state index contributed by atoms with van der Waals surface area (Å²) in [7, 11) is 0. The standard InChI is InChI=1S/C12H9FN2O3/c1-7-11(15-5-4-14-7)18-10-3-2-8(13)6-9(10)12(16)17/h2-6H,1H3,(H,16,17). The summed E-state index contributed by atoms with van der Waals surface area (Å²) >= 11 is 0. The lowest BCUT2D eigenvalue weighted by Crippen LogP contribution is -2.02. The highest BCUT2D eigenvalue weighted by Crippen LogP contribution is 2.25. The van der Waals surface area contributed by atoms with Crippen LogP contribution in [0.3, 0.4) is 0 Å². The number of halogens is 1. The van der Waals surface area contributed by atoms with Crippen LogP contribution in [0.15, 0.2) is 30.6 Å². The van der Waals surface area contributed by atoms with Gasteiger partial charge in [-0.1, -0.05) is 0 Å². The van der Waals surface area contributed by atoms with Crippen molar-refractivity contribution in [1.82, 2.24) is 9.97 Å². The Labute approximate surface area is 102 Å². The number of benzene rings is 1. The second-order valence-electron chi connectivity index (χ2n) is 3.49. The first-order valence-electron chi connectivity index (χ1n) is 5.06. The maximum absolute atomic E-state index is 13.0. The van der Waals surface area contributed by atoms with Crippen molar-refractivity contribution in [2.75, 3.05) is 0 Å². The van der Waals surface area contributed by atoms with Crippen LogP contribution in [-0.4, -0.2) is 21.0 Å². The molecule has 0 bridgehead atoms. The summed E-state index contributed by atoms with van der Waals surface area (Å²) in [6.45, 7) is 1.67. The smallest absolute Gasteiger partial charge is 0.339 e. The van der Waals surface area contributed by atoms with Gasteiger partial charge in [-0.15, -0.1) is 0 Å². The van der Waals surface area contributed by atoms with Crippen molar-refractivity contribution >= 4 is 5.97 Å². The fraction of sp³-hybridized carbons (Fsp3) is 0.0833. The molecule has 2 aromatic rings. The highest BCUT2D eigenvalue weighted by Gasteiger charge is 2.14. The van der Waals surface area contributed by atoms with Gasteiger partial charge in [-0.25, -0.2) is 14.2 Å². The number of hydrogen-bond donors (Lipinski definition) is 1. The summed E-state index contributed by atoms with van der Waals surface area (Å²) in [5, 5.41) is 8.95. The first-order chi connectivity index (χ1) is 8.58. The lowest BCUT2D eigenvalue weighted by molar-refractivity contribution is 0.0693. The number of carboxylic acid groups (broad SMARTS) is 1. The Morgan fingerprint density at radius 1 is 1.33 bits per heavy atom. The fourth-order valence-corrected chi connectivity index (χ4v) is 1.36. The highest BCUT2D eigenvalue weighted by molar-refractivity contribution is 5.90. The number of carbonyl (C=O) groups is 1. The van der Waals surface area contributed by atoms with Crippen molar-refractivity contribution in [2.45, 2.75) is 6.92 Å². The van der Waals surface area contributed by atoms with E-state index in [4.69, 9.17) is 9.84 Å². The molecule has 0 unspecified atom stereocenters. The average molecular weight is 248 g/mol. The van der Waals surface area contributed by atoms with Gasteiger partial charge in [0.2, 0.25) is 5.88 Å². The fourth-order valence-electron chi connectivity index (χ4n) is 1.36. The van der Waals surface area contributed by atoms with Gasteiger partial charge in [0.05, 0.1) is 5.69 Å². The minimum Gasteiger partial charge on any atom is -0.478 e. The molecule has 6 heteroatoms. The molecule has 0 aliphatic carbocycles. The number of ether oxygens (including phenoxy) is 1. The molecule has 2 rings (SSSR count). The van der Waals surface area contributed by atoms with Crippen molar-refractivity contribution in [3.63, 3.8) is 0 Å². The molecule has 1 heterocycles. The van der Waals surface area contributed by atoms with Crippen LogP contribution in [0.1, 0.15) is 16.1 Å². The molecule has 1 aromatic carbocycles. The first kappa shape index (κ1) is 12.0. The maximum Gasteiger partial charge on any atom is 0.339 e. The molecule has 1 aromatic heterocycles. The maximum atomic E-state index is 13.0. The van der Waals surface area contributed by atoms with Crippen LogP contribution >= 0.6 is 0 Å². The molecule has 0 saturated carbocycles. The van der Waals surface area contributed by atoms with Crippen LogP contribution in [0.5, 0.6) is 11.6 Å². The molecule has 1 N–H and O–H groups in total. The molecule has 0 aliphatic rings. The van der Waals surface area contributed by atoms with Gasteiger partial charge in [0, 0.05) is 12.4 Å². The summed E-state index contributed by atoms with van der Waals surface area (Å²) in [6, 6.07) is 3.25. The van der Waals surface area contributed by atoms with Crippen LogP contribution in [0, 0.1) is 12.7 Å². The molecule has 0 saturated heterocycles. The zero-order valence-corrected chi connectivity index (χ0v) is 9.42. The average Bonchev–Trinajstić information content (AvgIpc) is 2.34. The second-order valence-corrected chi connectivity index (χ2v) is 3.49. The third kappa shape index (κ3) is 2.42. The number of hydrogen-bond acceptors (Lipinski definition) is 4. The lowest BCUT2D eigenvalue weighted by atomic mass is 10.2. The van der Waals surface area contributed by atoms with Gasteiger partial charge in [-0.3, -0.25) is 4.98 Å². The zero-order valence-electron chi connectivity index (χ0n) is 9.42. The van der Waals surface area contributed by atoms with E-state index in [-0.39, 0.29) is 17.2 Å². The Hall–Kier alpha value is -2.50. The number of aromatic nitrogens is 2. The molecule has 18 heavy (non-hydrogen) atoms. The second kappa shape index (κ2) is 4.79. The van der Waals surface area contributed by atoms with Crippen LogP contribution in [0.4, 0.5) is 4.39 Å². The molecule has 0 amide bonds. The quantitative estimate of drug-likeness (QED) is 0.902. The van der Waals surface area contributed by atoms with Gasteiger partial charge in [0.15, 0.2) is 0 Å². The topological polar surface area (TPSA) is 72.3 Å². The van der Waals surface area contributed by atoms with E-state index < -0.39 is 11.8 Å². The van der Waals surface area contributed by atoms with Crippen molar-refractivity contribution in [3.05, 3.63) is 47.7 Å². The molecule has 5 nitrogen and oxygen atoms in total. The van der Waals surface area contributed by atoms with Gasteiger partial charge < -0.3 is 9.84 Å². The zero-order chi connectivity index (χ0) is 13.1. The SMILES string of the molecule is Cc1nccnc1Oc1ccc(F)cc1C(=O)O. The van der Waals surface area contributed by atoms with Crippen molar-refractivity contribution in [3.8, 4) is 11.6 Å². The third-order valence-corrected chi connectivity index (χ3v) is 2.21. The monoisotopic (exact) mass is 248 g/mol. The first-order valence-corrected chi connectivity index (χ1v) is 5.06. The predicted molar refractivity (Wildman–Crippen MR) is 60.2 cm³/mol. The van der Waals surface area contributed by atoms with Gasteiger partial charge >= 0.3 is 5.97 Å². The Morgan fingerprint density at radius 2 is 2.06 bits per heavy atom. The summed E-state index contributed by atoms with van der Waals surface area (Å²) in [5.41, 5.74) is 0.248. The molecule has 0 fully saturated rings. The highest BCUT2D eigenvalue weighted by atomic mass is 19.1. The number of aromatic carboxylic acids is 1. The van der Waals surface area contributed by atoms with Crippen LogP contribution in [0.2, 0.25) is 0 Å². The van der Waals surface area contributed by atoms with E-state index in [9.17, 15) is 9.18 Å². The van der Waals surface area contributed by atoms with Gasteiger partial charge in [0.25, 0.3) is 0 Å². The van der Waals surface area contributed by atoms with Crippen molar-refractivity contribution in [1.29, 1.82) is 0 Å². The molecular formula is C12H9FN2O3. The number of carboxylic acids is 1. The van der Waals surface area contributed by atoms with Crippen LogP contribution < -0.4 is 4.74 Å². The summed E-state index contributed by atoms with van der Waals surface area (Å²) < 4.78 is 18.3. The van der Waals surface area contributed by atoms with E-state index in [1.54, 1.807) is 6.92 Å². The van der Waals surface area contributed by atoms with Crippen molar-refractivity contribution < 1.29 is 19.0 Å². The van der Waals surface area contributed by atoms with Gasteiger partial charge in [-0.05, 0) is 25.1 Å². The minimum atomic E-state index is -1.27. The van der Waals surface area contributed by atoms with Crippen LogP contribution in [-0.2, 0) is 0 Å². The van der Waals surface area contributed by atoms with Crippen LogP contribution in [0.25, 0.3) is 0 Å². The molecule has 0 spiro atoms. The Kier molecular flexibility index (Phi) is 3.18. The predicted octanol–water partition coefficient (Wildman–Crippen LogP) is 2.41. The number of rotatable bonds is 3. The molecular weight excluding hydrogens is 239 g/mol. The number of nitrogens with zero attached hydrogens (tertiary/aromatic N) is 2.